The van der Waals surface area contributed by atoms with Gasteiger partial charge in [0.25, 0.3) is 0 Å². The van der Waals surface area contributed by atoms with Crippen molar-refractivity contribution < 1.29 is 0 Å². The Bertz CT molecular complexity index is 691. The molecule has 5 nitrogen and oxygen atoms in total. The minimum Gasteiger partial charge on any atom is -0.399 e. The number of hydrogen-bond acceptors (Lipinski definition) is 4. The van der Waals surface area contributed by atoms with Crippen LogP contribution in [0.4, 0.5) is 5.69 Å². The molecule has 2 heterocycles. The Balaban J connectivity index is 2.31. The highest BCUT2D eigenvalue weighted by atomic mass is 35.5. The smallest absolute Gasteiger partial charge is 0.186 e. The summed E-state index contributed by atoms with van der Waals surface area (Å²) in [5, 5.41) is 12.8. The van der Waals surface area contributed by atoms with E-state index >= 15 is 0 Å². The molecule has 0 aliphatic carbocycles. The largest absolute Gasteiger partial charge is 0.399 e. The molecule has 3 aromatic rings. The first-order valence-electron chi connectivity index (χ1n) is 4.97. The fourth-order valence-electron chi connectivity index (χ4n) is 1.63. The number of rotatable bonds is 1. The summed E-state index contributed by atoms with van der Waals surface area (Å²) in [6, 6.07) is 8.85. The monoisotopic (exact) mass is 245 g/mol. The summed E-state index contributed by atoms with van der Waals surface area (Å²) in [6.45, 7) is 0. The Hall–Kier alpha value is -2.14. The van der Waals surface area contributed by atoms with E-state index in [1.54, 1.807) is 35.0 Å². The van der Waals surface area contributed by atoms with Gasteiger partial charge in [-0.3, -0.25) is 0 Å². The molecule has 0 saturated carbocycles. The molecule has 0 bridgehead atoms. The van der Waals surface area contributed by atoms with Crippen LogP contribution >= 0.6 is 11.6 Å². The minimum absolute atomic E-state index is 0.569. The van der Waals surface area contributed by atoms with Gasteiger partial charge in [-0.2, -0.15) is 9.61 Å². The third-order valence-corrected chi connectivity index (χ3v) is 2.74. The third-order valence-electron chi connectivity index (χ3n) is 2.41. The molecule has 17 heavy (non-hydrogen) atoms. The van der Waals surface area contributed by atoms with Gasteiger partial charge in [0, 0.05) is 17.4 Å². The van der Waals surface area contributed by atoms with Crippen molar-refractivity contribution in [1.82, 2.24) is 19.8 Å². The summed E-state index contributed by atoms with van der Waals surface area (Å²) < 4.78 is 1.63. The quantitative estimate of drug-likeness (QED) is 0.666. The van der Waals surface area contributed by atoms with Crippen molar-refractivity contribution in [2.75, 3.05) is 5.73 Å². The summed E-state index contributed by atoms with van der Waals surface area (Å²) in [4.78, 5) is 0. The van der Waals surface area contributed by atoms with Crippen molar-refractivity contribution in [1.29, 1.82) is 0 Å². The second-order valence-corrected chi connectivity index (χ2v) is 3.96. The zero-order valence-corrected chi connectivity index (χ0v) is 9.46. The van der Waals surface area contributed by atoms with E-state index in [1.165, 1.54) is 0 Å². The maximum atomic E-state index is 6.12. The molecule has 6 heteroatoms. The molecule has 0 aliphatic heterocycles. The molecular weight excluding hydrogens is 238 g/mol. The fourth-order valence-corrected chi connectivity index (χ4v) is 1.83. The van der Waals surface area contributed by atoms with E-state index in [0.717, 1.165) is 5.56 Å². The zero-order chi connectivity index (χ0) is 11.8. The van der Waals surface area contributed by atoms with Gasteiger partial charge in [0.15, 0.2) is 11.5 Å². The minimum atomic E-state index is 0.569. The SMILES string of the molecule is Nc1ccc(Cl)c(-c2nnc3cccnn23)c1. The lowest BCUT2D eigenvalue weighted by Crippen LogP contribution is -1.95. The first-order chi connectivity index (χ1) is 8.25. The third kappa shape index (κ3) is 1.60. The number of benzene rings is 1. The van der Waals surface area contributed by atoms with E-state index in [1.807, 2.05) is 6.07 Å². The molecule has 0 radical (unpaired) electrons. The molecule has 84 valence electrons. The van der Waals surface area contributed by atoms with E-state index in [2.05, 4.69) is 15.3 Å². The second kappa shape index (κ2) is 3.71. The summed E-state index contributed by atoms with van der Waals surface area (Å²) >= 11 is 6.12. The predicted octanol–water partition coefficient (Wildman–Crippen LogP) is 2.03. The van der Waals surface area contributed by atoms with Crippen LogP contribution in [0.3, 0.4) is 0 Å². The van der Waals surface area contributed by atoms with Gasteiger partial charge in [-0.05, 0) is 30.3 Å². The number of nitrogens with two attached hydrogens (primary N) is 1. The highest BCUT2D eigenvalue weighted by Crippen LogP contribution is 2.28. The van der Waals surface area contributed by atoms with Crippen molar-refractivity contribution in [2.24, 2.45) is 0 Å². The van der Waals surface area contributed by atoms with Crippen molar-refractivity contribution in [3.05, 3.63) is 41.6 Å². The Labute approximate surface area is 102 Å². The number of anilines is 1. The lowest BCUT2D eigenvalue weighted by Gasteiger charge is -2.02. The maximum absolute atomic E-state index is 6.12. The summed E-state index contributed by atoms with van der Waals surface area (Å²) in [5.41, 5.74) is 7.75. The summed E-state index contributed by atoms with van der Waals surface area (Å²) in [6.07, 6.45) is 1.67. The zero-order valence-electron chi connectivity index (χ0n) is 8.71. The van der Waals surface area contributed by atoms with E-state index in [9.17, 15) is 0 Å². The van der Waals surface area contributed by atoms with Crippen LogP contribution in [-0.4, -0.2) is 19.8 Å². The number of hydrogen-bond donors (Lipinski definition) is 1. The molecule has 0 spiro atoms. The van der Waals surface area contributed by atoms with Crippen LogP contribution in [-0.2, 0) is 0 Å². The molecule has 0 aliphatic rings. The standard InChI is InChI=1S/C11H8ClN5/c12-9-4-3-7(13)6-8(9)11-16-15-10-2-1-5-14-17(10)11/h1-6H,13H2. The van der Waals surface area contributed by atoms with Crippen LogP contribution in [0.15, 0.2) is 36.5 Å². The molecule has 0 fully saturated rings. The van der Waals surface area contributed by atoms with Crippen LogP contribution in [0, 0.1) is 0 Å². The van der Waals surface area contributed by atoms with Crippen molar-refractivity contribution in [2.45, 2.75) is 0 Å². The van der Waals surface area contributed by atoms with Gasteiger partial charge in [-0.1, -0.05) is 11.6 Å². The average molecular weight is 246 g/mol. The van der Waals surface area contributed by atoms with Crippen molar-refractivity contribution >= 4 is 22.9 Å². The predicted molar refractivity (Wildman–Crippen MR) is 65.6 cm³/mol. The first kappa shape index (κ1) is 10.0. The number of aromatic nitrogens is 4. The van der Waals surface area contributed by atoms with Crippen molar-refractivity contribution in [3.8, 4) is 11.4 Å². The van der Waals surface area contributed by atoms with Gasteiger partial charge < -0.3 is 5.73 Å². The normalized spacial score (nSPS) is 10.9. The van der Waals surface area contributed by atoms with Crippen LogP contribution in [0.2, 0.25) is 5.02 Å². The number of nitrogens with zero attached hydrogens (tertiary/aromatic N) is 4. The van der Waals surface area contributed by atoms with Crippen LogP contribution in [0.5, 0.6) is 0 Å². The van der Waals surface area contributed by atoms with Crippen LogP contribution < -0.4 is 5.73 Å². The molecule has 0 unspecified atom stereocenters. The van der Waals surface area contributed by atoms with Gasteiger partial charge in [0.1, 0.15) is 0 Å². The molecular formula is C11H8ClN5. The summed E-state index contributed by atoms with van der Waals surface area (Å²) in [5.74, 6) is 0.581. The maximum Gasteiger partial charge on any atom is 0.186 e. The Morgan fingerprint density at radius 1 is 1.18 bits per heavy atom. The number of fused-ring (bicyclic) bond motifs is 1. The van der Waals surface area contributed by atoms with E-state index < -0.39 is 0 Å². The second-order valence-electron chi connectivity index (χ2n) is 3.56. The van der Waals surface area contributed by atoms with Gasteiger partial charge in [0.2, 0.25) is 0 Å². The molecule has 2 aromatic heterocycles. The van der Waals surface area contributed by atoms with E-state index in [4.69, 9.17) is 17.3 Å². The molecule has 0 amide bonds. The highest BCUT2D eigenvalue weighted by molar-refractivity contribution is 6.33. The van der Waals surface area contributed by atoms with Crippen molar-refractivity contribution in [3.63, 3.8) is 0 Å². The molecule has 0 saturated heterocycles. The first-order valence-corrected chi connectivity index (χ1v) is 5.35. The van der Waals surface area contributed by atoms with E-state index in [-0.39, 0.29) is 0 Å². The van der Waals surface area contributed by atoms with Gasteiger partial charge in [-0.25, -0.2) is 0 Å². The average Bonchev–Trinajstić information content (AvgIpc) is 2.76. The Kier molecular flexibility index (Phi) is 2.19. The Morgan fingerprint density at radius 2 is 2.06 bits per heavy atom. The molecule has 3 rings (SSSR count). The van der Waals surface area contributed by atoms with E-state index in [0.29, 0.717) is 22.2 Å². The number of halogens is 1. The van der Waals surface area contributed by atoms with Gasteiger partial charge >= 0.3 is 0 Å². The molecule has 0 atom stereocenters. The lowest BCUT2D eigenvalue weighted by atomic mass is 10.2. The number of nitrogen functional groups attached to an aromatic ring is 1. The fraction of sp³-hybridized carbons (Fsp3) is 0. The molecule has 2 N–H and O–H groups in total. The van der Waals surface area contributed by atoms with Gasteiger partial charge in [0.05, 0.1) is 5.02 Å². The Morgan fingerprint density at radius 3 is 2.94 bits per heavy atom. The van der Waals surface area contributed by atoms with Crippen LogP contribution in [0.1, 0.15) is 0 Å². The highest BCUT2D eigenvalue weighted by Gasteiger charge is 2.12. The topological polar surface area (TPSA) is 69.1 Å². The summed E-state index contributed by atoms with van der Waals surface area (Å²) in [7, 11) is 0. The van der Waals surface area contributed by atoms with Crippen LogP contribution in [0.25, 0.3) is 17.0 Å². The lowest BCUT2D eigenvalue weighted by molar-refractivity contribution is 0.936. The van der Waals surface area contributed by atoms with Gasteiger partial charge in [-0.15, -0.1) is 10.2 Å². The molecule has 1 aromatic carbocycles.